The zero-order valence-electron chi connectivity index (χ0n) is 11.5. The van der Waals surface area contributed by atoms with Gasteiger partial charge in [-0.2, -0.15) is 0 Å². The normalized spacial score (nSPS) is 10.9. The Morgan fingerprint density at radius 2 is 2.05 bits per heavy atom. The van der Waals surface area contributed by atoms with Gasteiger partial charge in [-0.1, -0.05) is 25.1 Å². The maximum Gasteiger partial charge on any atom is 0.119 e. The van der Waals surface area contributed by atoms with Gasteiger partial charge in [0.15, 0.2) is 0 Å². The van der Waals surface area contributed by atoms with Gasteiger partial charge in [-0.3, -0.25) is 4.90 Å². The smallest absolute Gasteiger partial charge is 0.119 e. The molecule has 0 fully saturated rings. The summed E-state index contributed by atoms with van der Waals surface area (Å²) in [6, 6.07) is 9.93. The molecule has 0 amide bonds. The predicted octanol–water partition coefficient (Wildman–Crippen LogP) is 3.22. The number of benzene rings is 1. The molecule has 4 heteroatoms. The molecule has 0 aliphatic heterocycles. The molecule has 0 atom stereocenters. The number of nitrogens with zero attached hydrogens (tertiary/aromatic N) is 2. The van der Waals surface area contributed by atoms with E-state index in [9.17, 15) is 0 Å². The third-order valence-electron chi connectivity index (χ3n) is 2.82. The molecule has 0 unspecified atom stereocenters. The van der Waals surface area contributed by atoms with Crippen molar-refractivity contribution in [3.05, 3.63) is 46.4 Å². The average Bonchev–Trinajstić information content (AvgIpc) is 2.87. The van der Waals surface area contributed by atoms with E-state index in [0.29, 0.717) is 6.61 Å². The Kier molecular flexibility index (Phi) is 5.36. The number of hydrogen-bond donors (Lipinski definition) is 0. The van der Waals surface area contributed by atoms with Crippen molar-refractivity contribution in [2.24, 2.45) is 0 Å². The summed E-state index contributed by atoms with van der Waals surface area (Å²) in [5.41, 5.74) is 1.16. The lowest BCUT2D eigenvalue weighted by molar-refractivity contribution is 0.231. The second kappa shape index (κ2) is 7.26. The summed E-state index contributed by atoms with van der Waals surface area (Å²) in [6.45, 7) is 4.62. The molecule has 0 radical (unpaired) electrons. The van der Waals surface area contributed by atoms with E-state index in [4.69, 9.17) is 4.74 Å². The molecule has 0 saturated heterocycles. The first-order chi connectivity index (χ1) is 9.28. The van der Waals surface area contributed by atoms with Gasteiger partial charge in [0, 0.05) is 18.5 Å². The first-order valence-corrected chi connectivity index (χ1v) is 7.45. The number of para-hydroxylation sites is 1. The quantitative estimate of drug-likeness (QED) is 0.776. The molecule has 0 N–H and O–H groups in total. The summed E-state index contributed by atoms with van der Waals surface area (Å²) >= 11 is 1.74. The summed E-state index contributed by atoms with van der Waals surface area (Å²) in [5, 5.41) is 3.36. The zero-order chi connectivity index (χ0) is 13.5. The van der Waals surface area contributed by atoms with Gasteiger partial charge in [0.1, 0.15) is 12.4 Å². The predicted molar refractivity (Wildman–Crippen MR) is 79.8 cm³/mol. The van der Waals surface area contributed by atoms with Gasteiger partial charge in [0.25, 0.3) is 0 Å². The molecule has 102 valence electrons. The number of ether oxygens (including phenoxy) is 1. The van der Waals surface area contributed by atoms with Crippen LogP contribution in [0.1, 0.15) is 17.6 Å². The van der Waals surface area contributed by atoms with Gasteiger partial charge < -0.3 is 4.74 Å². The van der Waals surface area contributed by atoms with Crippen LogP contribution in [0.3, 0.4) is 0 Å². The molecular formula is C15H20N2OS. The molecule has 2 aromatic rings. The topological polar surface area (TPSA) is 25.4 Å². The average molecular weight is 276 g/mol. The largest absolute Gasteiger partial charge is 0.492 e. The van der Waals surface area contributed by atoms with E-state index < -0.39 is 0 Å². The second-order valence-electron chi connectivity index (χ2n) is 4.49. The van der Waals surface area contributed by atoms with Gasteiger partial charge in [0.05, 0.1) is 10.7 Å². The molecule has 3 nitrogen and oxygen atoms in total. The summed E-state index contributed by atoms with van der Waals surface area (Å²) < 4.78 is 5.68. The summed E-state index contributed by atoms with van der Waals surface area (Å²) in [5.74, 6) is 0.929. The van der Waals surface area contributed by atoms with Crippen LogP contribution in [0.4, 0.5) is 0 Å². The molecule has 2 rings (SSSR count). The van der Waals surface area contributed by atoms with Crippen molar-refractivity contribution in [3.63, 3.8) is 0 Å². The van der Waals surface area contributed by atoms with Gasteiger partial charge in [-0.15, -0.1) is 11.3 Å². The summed E-state index contributed by atoms with van der Waals surface area (Å²) in [6.07, 6.45) is 1.02. The van der Waals surface area contributed by atoms with Gasteiger partial charge in [-0.05, 0) is 25.6 Å². The number of rotatable bonds is 7. The lowest BCUT2D eigenvalue weighted by Crippen LogP contribution is -2.24. The lowest BCUT2D eigenvalue weighted by atomic mass is 10.3. The fourth-order valence-corrected chi connectivity index (χ4v) is 2.51. The third kappa shape index (κ3) is 4.65. The number of thiazole rings is 1. The Balaban J connectivity index is 1.71. The molecule has 0 bridgehead atoms. The minimum absolute atomic E-state index is 0.700. The molecule has 0 aliphatic rings. The molecule has 0 spiro atoms. The van der Waals surface area contributed by atoms with Crippen LogP contribution in [-0.2, 0) is 13.0 Å². The Hall–Kier alpha value is -1.39. The van der Waals surface area contributed by atoms with Crippen molar-refractivity contribution in [1.29, 1.82) is 0 Å². The van der Waals surface area contributed by atoms with Gasteiger partial charge >= 0.3 is 0 Å². The highest BCUT2D eigenvalue weighted by Crippen LogP contribution is 2.12. The van der Waals surface area contributed by atoms with Crippen LogP contribution in [0.2, 0.25) is 0 Å². The lowest BCUT2D eigenvalue weighted by Gasteiger charge is -2.15. The van der Waals surface area contributed by atoms with Crippen molar-refractivity contribution >= 4 is 11.3 Å². The summed E-state index contributed by atoms with van der Waals surface area (Å²) in [7, 11) is 2.10. The Morgan fingerprint density at radius 3 is 2.74 bits per heavy atom. The SMILES string of the molecule is CCc1nc(CN(C)CCOc2ccccc2)cs1. The van der Waals surface area contributed by atoms with Crippen molar-refractivity contribution in [1.82, 2.24) is 9.88 Å². The van der Waals surface area contributed by atoms with Crippen molar-refractivity contribution in [2.75, 3.05) is 20.2 Å². The van der Waals surface area contributed by atoms with E-state index in [-0.39, 0.29) is 0 Å². The molecule has 0 aliphatic carbocycles. The Labute approximate surface area is 118 Å². The Bertz CT molecular complexity index is 484. The van der Waals surface area contributed by atoms with Crippen LogP contribution < -0.4 is 4.74 Å². The maximum absolute atomic E-state index is 5.68. The number of aryl methyl sites for hydroxylation is 1. The summed E-state index contributed by atoms with van der Waals surface area (Å²) in [4.78, 5) is 6.80. The monoisotopic (exact) mass is 276 g/mol. The first-order valence-electron chi connectivity index (χ1n) is 6.57. The van der Waals surface area contributed by atoms with Gasteiger partial charge in [-0.25, -0.2) is 4.98 Å². The second-order valence-corrected chi connectivity index (χ2v) is 5.43. The fourth-order valence-electron chi connectivity index (χ4n) is 1.78. The van der Waals surface area contributed by atoms with Crippen molar-refractivity contribution in [3.8, 4) is 5.75 Å². The first kappa shape index (κ1) is 14.0. The fraction of sp³-hybridized carbons (Fsp3) is 0.400. The molecule has 0 saturated carbocycles. The number of hydrogen-bond acceptors (Lipinski definition) is 4. The molecular weight excluding hydrogens is 256 g/mol. The minimum Gasteiger partial charge on any atom is -0.492 e. The van der Waals surface area contributed by atoms with E-state index in [1.807, 2.05) is 30.3 Å². The van der Waals surface area contributed by atoms with E-state index >= 15 is 0 Å². The molecule has 1 aromatic carbocycles. The Morgan fingerprint density at radius 1 is 1.26 bits per heavy atom. The standard InChI is InChI=1S/C15H20N2OS/c1-3-15-16-13(12-19-15)11-17(2)9-10-18-14-7-5-4-6-8-14/h4-8,12H,3,9-11H2,1-2H3. The maximum atomic E-state index is 5.68. The molecule has 1 heterocycles. The van der Waals surface area contributed by atoms with Crippen LogP contribution in [-0.4, -0.2) is 30.1 Å². The van der Waals surface area contributed by atoms with Crippen LogP contribution in [0.15, 0.2) is 35.7 Å². The van der Waals surface area contributed by atoms with Crippen molar-refractivity contribution in [2.45, 2.75) is 19.9 Å². The zero-order valence-corrected chi connectivity index (χ0v) is 12.3. The van der Waals surface area contributed by atoms with Crippen LogP contribution in [0.5, 0.6) is 5.75 Å². The van der Waals surface area contributed by atoms with E-state index in [2.05, 4.69) is 29.2 Å². The van der Waals surface area contributed by atoms with Crippen LogP contribution >= 0.6 is 11.3 Å². The highest BCUT2D eigenvalue weighted by atomic mass is 32.1. The van der Waals surface area contributed by atoms with Crippen LogP contribution in [0, 0.1) is 0 Å². The van der Waals surface area contributed by atoms with Crippen molar-refractivity contribution < 1.29 is 4.74 Å². The number of aromatic nitrogens is 1. The highest BCUT2D eigenvalue weighted by molar-refractivity contribution is 7.09. The van der Waals surface area contributed by atoms with E-state index in [1.165, 1.54) is 5.01 Å². The molecule has 19 heavy (non-hydrogen) atoms. The minimum atomic E-state index is 0.700. The van der Waals surface area contributed by atoms with E-state index in [0.717, 1.165) is 31.0 Å². The third-order valence-corrected chi connectivity index (χ3v) is 3.86. The highest BCUT2D eigenvalue weighted by Gasteiger charge is 2.04. The van der Waals surface area contributed by atoms with E-state index in [1.54, 1.807) is 11.3 Å². The molecule has 1 aromatic heterocycles. The van der Waals surface area contributed by atoms with Gasteiger partial charge in [0.2, 0.25) is 0 Å². The van der Waals surface area contributed by atoms with Crippen LogP contribution in [0.25, 0.3) is 0 Å². The number of likely N-dealkylation sites (N-methyl/N-ethyl adjacent to an activating group) is 1.